The molecule has 0 aliphatic rings. The molecule has 1 aromatic carbocycles. The fraction of sp³-hybridized carbons (Fsp3) is 0. The van der Waals surface area contributed by atoms with Crippen molar-refractivity contribution >= 4 is 70.9 Å². The van der Waals surface area contributed by atoms with Gasteiger partial charge in [0.2, 0.25) is 0 Å². The fourth-order valence-electron chi connectivity index (χ4n) is 3.07. The predicted molar refractivity (Wildman–Crippen MR) is 127 cm³/mol. The number of hydrogen-bond acceptors (Lipinski definition) is 4. The SMILES string of the molecule is C(=C/c1ccco1)/c1ccc2cc3ccc(/C=C/c4ccco4)nc3cc2n1.Cl.Cl. The Bertz CT molecular complexity index is 1210. The average molecular weight is 437 g/mol. The third-order valence-corrected chi connectivity index (χ3v) is 4.47. The van der Waals surface area contributed by atoms with Crippen LogP contribution in [0, 0.1) is 0 Å². The summed E-state index contributed by atoms with van der Waals surface area (Å²) in [5.41, 5.74) is 3.57. The van der Waals surface area contributed by atoms with E-state index in [0.717, 1.165) is 44.7 Å². The van der Waals surface area contributed by atoms with E-state index in [-0.39, 0.29) is 24.8 Å². The van der Waals surface area contributed by atoms with Crippen LogP contribution >= 0.6 is 24.8 Å². The van der Waals surface area contributed by atoms with E-state index in [2.05, 4.69) is 18.2 Å². The van der Waals surface area contributed by atoms with Gasteiger partial charge in [0.25, 0.3) is 0 Å². The Kier molecular flexibility index (Phi) is 6.72. The van der Waals surface area contributed by atoms with Crippen LogP contribution in [-0.4, -0.2) is 9.97 Å². The van der Waals surface area contributed by atoms with Crippen molar-refractivity contribution in [1.29, 1.82) is 0 Å². The Morgan fingerprint density at radius 3 is 1.50 bits per heavy atom. The van der Waals surface area contributed by atoms with Gasteiger partial charge in [-0.05, 0) is 72.8 Å². The lowest BCUT2D eigenvalue weighted by molar-refractivity contribution is 0.557. The molecular weight excluding hydrogens is 419 g/mol. The molecule has 0 amide bonds. The van der Waals surface area contributed by atoms with E-state index in [1.54, 1.807) is 12.5 Å². The minimum Gasteiger partial charge on any atom is -0.465 e. The van der Waals surface area contributed by atoms with Crippen LogP contribution in [0.4, 0.5) is 0 Å². The number of rotatable bonds is 4. The van der Waals surface area contributed by atoms with Crippen molar-refractivity contribution in [3.05, 3.63) is 96.1 Å². The van der Waals surface area contributed by atoms with Gasteiger partial charge in [-0.2, -0.15) is 0 Å². The highest BCUT2D eigenvalue weighted by Gasteiger charge is 2.03. The molecule has 0 unspecified atom stereocenters. The van der Waals surface area contributed by atoms with E-state index >= 15 is 0 Å². The zero-order chi connectivity index (χ0) is 18.8. The van der Waals surface area contributed by atoms with Gasteiger partial charge in [-0.25, -0.2) is 9.97 Å². The lowest BCUT2D eigenvalue weighted by atomic mass is 10.1. The van der Waals surface area contributed by atoms with Crippen molar-refractivity contribution in [3.63, 3.8) is 0 Å². The van der Waals surface area contributed by atoms with Gasteiger partial charge in [0.1, 0.15) is 11.5 Å². The molecule has 5 rings (SSSR count). The number of nitrogens with zero attached hydrogens (tertiary/aromatic N) is 2. The summed E-state index contributed by atoms with van der Waals surface area (Å²) < 4.78 is 10.7. The maximum atomic E-state index is 5.33. The minimum atomic E-state index is 0. The second kappa shape index (κ2) is 9.44. The molecule has 0 fully saturated rings. The summed E-state index contributed by atoms with van der Waals surface area (Å²) in [6.07, 6.45) is 11.0. The molecule has 0 atom stereocenters. The van der Waals surface area contributed by atoms with Gasteiger partial charge in [0.05, 0.1) is 34.9 Å². The Balaban J connectivity index is 0.00000128. The van der Waals surface area contributed by atoms with Crippen LogP contribution in [0.1, 0.15) is 22.9 Å². The summed E-state index contributed by atoms with van der Waals surface area (Å²) >= 11 is 0. The van der Waals surface area contributed by atoms with Gasteiger partial charge in [-0.15, -0.1) is 24.8 Å². The lowest BCUT2D eigenvalue weighted by Crippen LogP contribution is -1.87. The zero-order valence-corrected chi connectivity index (χ0v) is 17.4. The summed E-state index contributed by atoms with van der Waals surface area (Å²) in [5, 5.41) is 2.17. The lowest BCUT2D eigenvalue weighted by Gasteiger charge is -2.04. The van der Waals surface area contributed by atoms with Gasteiger partial charge in [0, 0.05) is 10.8 Å². The molecule has 4 heterocycles. The molecule has 0 saturated carbocycles. The van der Waals surface area contributed by atoms with Crippen LogP contribution in [0.25, 0.3) is 46.1 Å². The number of hydrogen-bond donors (Lipinski definition) is 0. The van der Waals surface area contributed by atoms with Gasteiger partial charge in [0.15, 0.2) is 0 Å². The summed E-state index contributed by atoms with van der Waals surface area (Å²) in [6.45, 7) is 0. The number of furan rings is 2. The molecule has 150 valence electrons. The topological polar surface area (TPSA) is 52.1 Å². The molecule has 0 N–H and O–H groups in total. The second-order valence-corrected chi connectivity index (χ2v) is 6.41. The van der Waals surface area contributed by atoms with E-state index in [4.69, 9.17) is 18.8 Å². The Morgan fingerprint density at radius 2 is 1.07 bits per heavy atom. The largest absolute Gasteiger partial charge is 0.465 e. The molecule has 4 nitrogen and oxygen atoms in total. The smallest absolute Gasteiger partial charge is 0.126 e. The number of aromatic nitrogens is 2. The van der Waals surface area contributed by atoms with Crippen LogP contribution in [0.3, 0.4) is 0 Å². The van der Waals surface area contributed by atoms with E-state index in [1.807, 2.05) is 66.8 Å². The van der Waals surface area contributed by atoms with Crippen LogP contribution in [0.5, 0.6) is 0 Å². The highest BCUT2D eigenvalue weighted by Crippen LogP contribution is 2.22. The molecule has 30 heavy (non-hydrogen) atoms. The summed E-state index contributed by atoms with van der Waals surface area (Å²) in [7, 11) is 0. The van der Waals surface area contributed by atoms with Gasteiger partial charge < -0.3 is 8.83 Å². The molecule has 0 aliphatic heterocycles. The maximum absolute atomic E-state index is 5.33. The van der Waals surface area contributed by atoms with Crippen molar-refractivity contribution in [2.75, 3.05) is 0 Å². The Morgan fingerprint density at radius 1 is 0.567 bits per heavy atom. The maximum Gasteiger partial charge on any atom is 0.126 e. The summed E-state index contributed by atoms with van der Waals surface area (Å²) in [4.78, 5) is 9.48. The van der Waals surface area contributed by atoms with Crippen molar-refractivity contribution in [3.8, 4) is 0 Å². The summed E-state index contributed by atoms with van der Waals surface area (Å²) in [5.74, 6) is 1.60. The first kappa shape index (κ1) is 21.4. The Labute approximate surface area is 185 Å². The molecule has 0 spiro atoms. The molecular formula is C24H18Cl2N2O2. The van der Waals surface area contributed by atoms with E-state index in [0.29, 0.717) is 0 Å². The third kappa shape index (κ3) is 4.62. The molecule has 5 aromatic rings. The first-order valence-electron chi connectivity index (χ1n) is 8.98. The van der Waals surface area contributed by atoms with Gasteiger partial charge in [-0.3, -0.25) is 0 Å². The average Bonchev–Trinajstić information content (AvgIpc) is 3.43. The van der Waals surface area contributed by atoms with E-state index < -0.39 is 0 Å². The van der Waals surface area contributed by atoms with Crippen LogP contribution < -0.4 is 0 Å². The molecule has 6 heteroatoms. The van der Waals surface area contributed by atoms with E-state index in [1.165, 1.54) is 0 Å². The van der Waals surface area contributed by atoms with Gasteiger partial charge in [-0.1, -0.05) is 12.1 Å². The van der Waals surface area contributed by atoms with Crippen molar-refractivity contribution in [2.45, 2.75) is 0 Å². The van der Waals surface area contributed by atoms with Crippen molar-refractivity contribution < 1.29 is 8.83 Å². The first-order chi connectivity index (χ1) is 13.8. The first-order valence-corrected chi connectivity index (χ1v) is 8.98. The molecule has 0 aliphatic carbocycles. The third-order valence-electron chi connectivity index (χ3n) is 4.47. The van der Waals surface area contributed by atoms with Crippen LogP contribution in [-0.2, 0) is 0 Å². The molecule has 4 aromatic heterocycles. The normalized spacial score (nSPS) is 11.2. The highest BCUT2D eigenvalue weighted by atomic mass is 35.5. The van der Waals surface area contributed by atoms with Crippen molar-refractivity contribution in [1.82, 2.24) is 9.97 Å². The zero-order valence-electron chi connectivity index (χ0n) is 15.8. The number of pyridine rings is 2. The molecule has 0 radical (unpaired) electrons. The van der Waals surface area contributed by atoms with Crippen LogP contribution in [0.15, 0.2) is 82.0 Å². The second-order valence-electron chi connectivity index (χ2n) is 6.41. The van der Waals surface area contributed by atoms with E-state index in [9.17, 15) is 0 Å². The van der Waals surface area contributed by atoms with Crippen molar-refractivity contribution in [2.24, 2.45) is 0 Å². The fourth-order valence-corrected chi connectivity index (χ4v) is 3.07. The predicted octanol–water partition coefficient (Wildman–Crippen LogP) is 7.15. The number of benzene rings is 1. The van der Waals surface area contributed by atoms with Gasteiger partial charge >= 0.3 is 0 Å². The quantitative estimate of drug-likeness (QED) is 0.280. The molecule has 0 saturated heterocycles. The standard InChI is InChI=1S/C24H16N2O2.2ClH/c1-3-21(27-13-1)11-9-19-7-5-17-15-18-6-8-20(10-12-22-4-2-14-28-22)26-24(18)16-23(17)25-19;;/h1-16H;2*1H/b11-9-,12-10+;;. The molecule has 0 bridgehead atoms. The number of halogens is 2. The highest BCUT2D eigenvalue weighted by molar-refractivity contribution is 5.95. The monoisotopic (exact) mass is 436 g/mol. The van der Waals surface area contributed by atoms with Crippen LogP contribution in [0.2, 0.25) is 0 Å². The number of fused-ring (bicyclic) bond motifs is 2. The Hall–Kier alpha value is -3.34. The minimum absolute atomic E-state index is 0. The summed E-state index contributed by atoms with van der Waals surface area (Å²) in [6, 6.07) is 19.8.